The normalized spacial score (nSPS) is 25.8. The minimum absolute atomic E-state index is 0.178. The van der Waals surface area contributed by atoms with Gasteiger partial charge in [-0.2, -0.15) is 0 Å². The molecule has 0 atom stereocenters. The van der Waals surface area contributed by atoms with E-state index in [0.717, 1.165) is 49.5 Å². The minimum atomic E-state index is -0.521. The van der Waals surface area contributed by atoms with E-state index in [1.165, 1.54) is 57.8 Å². The van der Waals surface area contributed by atoms with Gasteiger partial charge in [-0.3, -0.25) is 0 Å². The molecule has 33 heavy (non-hydrogen) atoms. The average Bonchev–Trinajstić information content (AvgIpc) is 2.83. The van der Waals surface area contributed by atoms with Gasteiger partial charge in [-0.1, -0.05) is 89.8 Å². The highest BCUT2D eigenvalue weighted by Gasteiger charge is 2.32. The molecule has 0 radical (unpaired) electrons. The molecule has 2 aliphatic rings. The van der Waals surface area contributed by atoms with Gasteiger partial charge in [-0.15, -0.1) is 0 Å². The highest BCUT2D eigenvalue weighted by atomic mass is 28.3. The fourth-order valence-corrected chi connectivity index (χ4v) is 9.92. The number of halogens is 2. The van der Waals surface area contributed by atoms with Crippen molar-refractivity contribution in [3.05, 3.63) is 29.3 Å². The van der Waals surface area contributed by atoms with E-state index < -0.39 is 20.4 Å². The van der Waals surface area contributed by atoms with E-state index in [0.29, 0.717) is 12.5 Å². The largest absolute Gasteiger partial charge is 0.488 e. The van der Waals surface area contributed by atoms with Gasteiger partial charge in [0.2, 0.25) is 0 Å². The van der Waals surface area contributed by atoms with Crippen LogP contribution in [0.3, 0.4) is 0 Å². The van der Waals surface area contributed by atoms with Gasteiger partial charge in [0.15, 0.2) is 17.4 Å². The zero-order valence-corrected chi connectivity index (χ0v) is 22.5. The second-order valence-corrected chi connectivity index (χ2v) is 14.4. The maximum atomic E-state index is 14.7. The summed E-state index contributed by atoms with van der Waals surface area (Å²) in [5.41, 5.74) is 0.839. The van der Waals surface area contributed by atoms with Crippen molar-refractivity contribution in [2.24, 2.45) is 11.8 Å². The van der Waals surface area contributed by atoms with Gasteiger partial charge >= 0.3 is 0 Å². The molecule has 0 amide bonds. The van der Waals surface area contributed by atoms with Crippen molar-refractivity contribution in [1.82, 2.24) is 0 Å². The summed E-state index contributed by atoms with van der Waals surface area (Å²) in [6.45, 7) is 4.87. The Hall–Kier alpha value is -0.903. The third-order valence-corrected chi connectivity index (χ3v) is 12.1. The van der Waals surface area contributed by atoms with Crippen LogP contribution in [-0.4, -0.2) is 15.4 Å². The van der Waals surface area contributed by atoms with Gasteiger partial charge in [-0.05, 0) is 67.6 Å². The summed E-state index contributed by atoms with van der Waals surface area (Å²) in [4.78, 5) is 0. The first-order valence-corrected chi connectivity index (χ1v) is 16.7. The van der Waals surface area contributed by atoms with E-state index in [1.54, 1.807) is 30.3 Å². The molecule has 1 saturated heterocycles. The van der Waals surface area contributed by atoms with Crippen molar-refractivity contribution in [3.8, 4) is 5.75 Å². The van der Waals surface area contributed by atoms with Gasteiger partial charge in [0.1, 0.15) is 0 Å². The fraction of sp³-hybridized carbons (Fsp3) is 0.793. The van der Waals surface area contributed by atoms with E-state index in [2.05, 4.69) is 13.8 Å². The Kier molecular flexibility index (Phi) is 11.7. The number of hydrogen-bond donors (Lipinski definition) is 0. The minimum Gasteiger partial charge on any atom is -0.488 e. The molecule has 0 bridgehead atoms. The van der Waals surface area contributed by atoms with Crippen molar-refractivity contribution < 1.29 is 13.5 Å². The van der Waals surface area contributed by atoms with Gasteiger partial charge in [0.25, 0.3) is 0 Å². The summed E-state index contributed by atoms with van der Waals surface area (Å²) in [6.07, 6.45) is 17.3. The summed E-state index contributed by atoms with van der Waals surface area (Å²) in [5, 5.41) is 0. The first kappa shape index (κ1) is 26.7. The van der Waals surface area contributed by atoms with Gasteiger partial charge < -0.3 is 4.74 Å². The predicted molar refractivity (Wildman–Crippen MR) is 139 cm³/mol. The third-order valence-electron chi connectivity index (χ3n) is 8.53. The molecule has 2 fully saturated rings. The summed E-state index contributed by atoms with van der Waals surface area (Å²) in [6, 6.07) is 7.79. The predicted octanol–water partition coefficient (Wildman–Crippen LogP) is 9.42. The molecule has 1 nitrogen and oxygen atoms in total. The smallest absolute Gasteiger partial charge is 0.190 e. The Morgan fingerprint density at radius 2 is 1.33 bits per heavy atom. The van der Waals surface area contributed by atoms with Crippen molar-refractivity contribution in [2.75, 3.05) is 6.61 Å². The molecule has 1 saturated carbocycles. The Morgan fingerprint density at radius 3 is 1.97 bits per heavy atom. The molecule has 1 aromatic rings. The molecule has 0 spiro atoms. The SMILES string of the molecule is CCCCCCCOc1c(F)cc([C@H]2CC[C@H](C3CC[SiH](CCCCC)CC3)CC2)cc1F. The lowest BCUT2D eigenvalue weighted by Crippen LogP contribution is -2.28. The number of hydrogen-bond acceptors (Lipinski definition) is 1. The van der Waals surface area contributed by atoms with Crippen molar-refractivity contribution in [3.63, 3.8) is 0 Å². The molecule has 0 N–H and O–H groups in total. The zero-order valence-electron chi connectivity index (χ0n) is 21.4. The van der Waals surface area contributed by atoms with E-state index in [-0.39, 0.29) is 5.75 Å². The third kappa shape index (κ3) is 8.37. The Balaban J connectivity index is 1.42. The maximum absolute atomic E-state index is 14.7. The topological polar surface area (TPSA) is 9.23 Å². The van der Waals surface area contributed by atoms with E-state index in [4.69, 9.17) is 4.74 Å². The molecule has 1 heterocycles. The Bertz CT molecular complexity index is 655. The van der Waals surface area contributed by atoms with Crippen LogP contribution in [0.25, 0.3) is 0 Å². The summed E-state index contributed by atoms with van der Waals surface area (Å²) in [7, 11) is -0.440. The number of ether oxygens (including phenoxy) is 1. The van der Waals surface area contributed by atoms with Crippen molar-refractivity contribution in [2.45, 2.75) is 128 Å². The number of unbranched alkanes of at least 4 members (excludes halogenated alkanes) is 6. The van der Waals surface area contributed by atoms with Crippen LogP contribution >= 0.6 is 0 Å². The lowest BCUT2D eigenvalue weighted by atomic mass is 9.72. The molecular weight excluding hydrogens is 430 g/mol. The van der Waals surface area contributed by atoms with Gasteiger partial charge in [0, 0.05) is 8.80 Å². The molecule has 3 rings (SSSR count). The lowest BCUT2D eigenvalue weighted by molar-refractivity contribution is 0.215. The average molecular weight is 479 g/mol. The maximum Gasteiger partial charge on any atom is 0.190 e. The van der Waals surface area contributed by atoms with Crippen LogP contribution in [0.1, 0.15) is 115 Å². The van der Waals surface area contributed by atoms with Crippen LogP contribution < -0.4 is 4.74 Å². The highest BCUT2D eigenvalue weighted by Crippen LogP contribution is 2.44. The monoisotopic (exact) mass is 478 g/mol. The highest BCUT2D eigenvalue weighted by molar-refractivity contribution is 6.58. The van der Waals surface area contributed by atoms with Gasteiger partial charge in [-0.25, -0.2) is 8.78 Å². The molecule has 1 aliphatic carbocycles. The molecule has 0 unspecified atom stereocenters. The zero-order chi connectivity index (χ0) is 23.5. The summed E-state index contributed by atoms with van der Waals surface area (Å²) < 4.78 is 34.8. The fourth-order valence-electron chi connectivity index (χ4n) is 6.39. The molecule has 1 aromatic carbocycles. The Labute approximate surface area is 203 Å². The van der Waals surface area contributed by atoms with Crippen LogP contribution in [0.5, 0.6) is 5.75 Å². The summed E-state index contributed by atoms with van der Waals surface area (Å²) in [5.74, 6) is 0.842. The van der Waals surface area contributed by atoms with Crippen molar-refractivity contribution >= 4 is 8.80 Å². The van der Waals surface area contributed by atoms with Crippen LogP contribution in [-0.2, 0) is 0 Å². The first-order valence-electron chi connectivity index (χ1n) is 14.2. The molecule has 188 valence electrons. The van der Waals surface area contributed by atoms with E-state index >= 15 is 0 Å². The summed E-state index contributed by atoms with van der Waals surface area (Å²) >= 11 is 0. The van der Waals surface area contributed by atoms with Crippen LogP contribution in [0.15, 0.2) is 12.1 Å². The quantitative estimate of drug-likeness (QED) is 0.203. The van der Waals surface area contributed by atoms with E-state index in [1.807, 2.05) is 0 Å². The Morgan fingerprint density at radius 1 is 0.758 bits per heavy atom. The second-order valence-electron chi connectivity index (χ2n) is 11.0. The molecule has 1 aliphatic heterocycles. The number of rotatable bonds is 13. The van der Waals surface area contributed by atoms with Crippen LogP contribution in [0, 0.1) is 23.5 Å². The standard InChI is InChI=1S/C29H48F2OSi/c1-3-5-7-8-9-17-32-29-27(30)21-26(22-28(29)31)24-13-11-23(12-14-24)25-15-19-33(20-16-25)18-10-6-4-2/h21-25,33H,3-20H2,1-2H3/t23-,24-,25?,33?. The van der Waals surface area contributed by atoms with Crippen molar-refractivity contribution in [1.29, 1.82) is 0 Å². The van der Waals surface area contributed by atoms with Crippen LogP contribution in [0.2, 0.25) is 18.1 Å². The molecule has 4 heteroatoms. The molecule has 0 aromatic heterocycles. The van der Waals surface area contributed by atoms with E-state index in [9.17, 15) is 8.78 Å². The lowest BCUT2D eigenvalue weighted by Gasteiger charge is -2.37. The second kappa shape index (κ2) is 14.5. The number of benzene rings is 1. The van der Waals surface area contributed by atoms with Gasteiger partial charge in [0.05, 0.1) is 6.61 Å². The first-order chi connectivity index (χ1) is 16.1. The van der Waals surface area contributed by atoms with Crippen LogP contribution in [0.4, 0.5) is 8.78 Å². The molecular formula is C29H48F2OSi.